The predicted molar refractivity (Wildman–Crippen MR) is 326 cm³/mol. The number of aliphatic hydroxyl groups excluding tert-OH is 1. The molecule has 14 rings (SSSR count). The van der Waals surface area contributed by atoms with Gasteiger partial charge in [-0.25, -0.2) is 19.9 Å². The van der Waals surface area contributed by atoms with Gasteiger partial charge in [0.1, 0.15) is 42.6 Å². The Bertz CT molecular complexity index is 3960. The van der Waals surface area contributed by atoms with Gasteiger partial charge in [0.25, 0.3) is 0 Å². The Balaban J connectivity index is 0.000000111. The molecule has 0 radical (unpaired) electrons. The Hall–Kier alpha value is -6.44. The van der Waals surface area contributed by atoms with Gasteiger partial charge in [0.2, 0.25) is 0 Å². The number of fused-ring (bicyclic) bond motifs is 12. The van der Waals surface area contributed by atoms with E-state index in [1.165, 1.54) is 111 Å². The van der Waals surface area contributed by atoms with Crippen LogP contribution in [0, 0.1) is 61.3 Å². The second-order valence-corrected chi connectivity index (χ2v) is 25.3. The molecule has 14 nitrogen and oxygen atoms in total. The third-order valence-corrected chi connectivity index (χ3v) is 19.2. The Morgan fingerprint density at radius 2 is 1.18 bits per heavy atom. The van der Waals surface area contributed by atoms with E-state index in [9.17, 15) is 0 Å². The molecule has 4 N–H and O–H groups in total. The molecule has 13 heterocycles. The van der Waals surface area contributed by atoms with E-state index in [0.717, 1.165) is 97.9 Å². The van der Waals surface area contributed by atoms with E-state index in [1.807, 2.05) is 48.9 Å². The van der Waals surface area contributed by atoms with Crippen LogP contribution in [0.1, 0.15) is 128 Å². The molecule has 0 aromatic carbocycles. The van der Waals surface area contributed by atoms with Gasteiger partial charge < -0.3 is 25.5 Å². The Morgan fingerprint density at radius 3 is 1.79 bits per heavy atom. The van der Waals surface area contributed by atoms with Gasteiger partial charge in [-0.05, 0) is 133 Å². The summed E-state index contributed by atoms with van der Waals surface area (Å²) in [5.41, 5.74) is 14.4. The lowest BCUT2D eigenvalue weighted by molar-refractivity contribution is 0.271. The monoisotopic (exact) mass is 1120 g/mol. The van der Waals surface area contributed by atoms with Crippen molar-refractivity contribution < 1.29 is 9.52 Å². The summed E-state index contributed by atoms with van der Waals surface area (Å²) in [6.45, 7) is 25.7. The molecule has 1 fully saturated rings. The maximum absolute atomic E-state index is 9.14. The van der Waals surface area contributed by atoms with Gasteiger partial charge in [0, 0.05) is 73.6 Å². The van der Waals surface area contributed by atoms with Crippen LogP contribution in [0.15, 0.2) is 68.1 Å². The SMILES string of the molecule is Cc1cc(C)c2c(n1)sc1c(C)nn(CCO)c12.Cc1cc(C)c2c3c(sc2n1)C(NC1CCCCC1)=NC3.Cc1cc(C)c2c3c(sc2n1)C(NCC(C)C)=NC3.Cc1ccc2c3c(sc2n1)C(NCc1ccco1)=NC3. The summed E-state index contributed by atoms with van der Waals surface area (Å²) in [6.07, 6.45) is 8.35. The van der Waals surface area contributed by atoms with Crippen LogP contribution in [0.3, 0.4) is 0 Å². The van der Waals surface area contributed by atoms with Gasteiger partial charge >= 0.3 is 0 Å². The third-order valence-electron chi connectivity index (χ3n) is 14.6. The molecule has 3 aliphatic heterocycles. The maximum atomic E-state index is 9.14. The number of aryl methyl sites for hydroxylation is 8. The average Bonchev–Trinajstić information content (AvgIpc) is 4.44. The number of amidine groups is 3. The van der Waals surface area contributed by atoms with E-state index in [0.29, 0.717) is 25.0 Å². The molecule has 10 aromatic rings. The van der Waals surface area contributed by atoms with Crippen molar-refractivity contribution in [1.82, 2.24) is 45.7 Å². The van der Waals surface area contributed by atoms with Crippen LogP contribution in [-0.4, -0.2) is 71.5 Å². The molecular weight excluding hydrogens is 1050 g/mol. The standard InChI is InChI=1S/C17H21N3S.C15H13N3OS.C15H19N3S.C13H15N3OS/c1-10-8-11(2)19-17-14(10)13-9-18-16(15(13)21-17)20-12-6-4-3-5-7-12;1-9-4-5-11-12-8-17-14(13(12)20-15(11)18-9)16-7-10-3-2-6-19-10;1-8(2)6-16-14-13-11(7-17-14)12-9(3)5-10(4)18-15(12)19-13;1-7-6-8(2)14-13-10(7)11-12(18-13)9(3)15-16(11)4-5-17/h8,12H,3-7,9H2,1-2H3,(H,18,20);2-6H,7-8H2,1H3,(H,16,17);5,8H,6-7H2,1-4H3,(H,16,17);6,17H,4-5H2,1-3H3. The molecule has 0 saturated heterocycles. The molecule has 4 aliphatic rings. The van der Waals surface area contributed by atoms with Crippen LogP contribution in [0.4, 0.5) is 0 Å². The van der Waals surface area contributed by atoms with Crippen molar-refractivity contribution in [2.24, 2.45) is 20.9 Å². The zero-order chi connectivity index (χ0) is 54.4. The Morgan fingerprint density at radius 1 is 0.628 bits per heavy atom. The molecule has 18 heteroatoms. The molecule has 78 heavy (non-hydrogen) atoms. The second kappa shape index (κ2) is 22.7. The first kappa shape index (κ1) is 53.6. The van der Waals surface area contributed by atoms with Gasteiger partial charge in [-0.3, -0.25) is 19.7 Å². The number of hydrogen-bond acceptors (Lipinski definition) is 17. The smallest absolute Gasteiger partial charge is 0.139 e. The molecule has 0 spiro atoms. The molecule has 0 bridgehead atoms. The summed E-state index contributed by atoms with van der Waals surface area (Å²) in [5.74, 6) is 4.68. The van der Waals surface area contributed by atoms with E-state index >= 15 is 0 Å². The Kier molecular flexibility index (Phi) is 15.6. The minimum absolute atomic E-state index is 0.103. The van der Waals surface area contributed by atoms with Crippen molar-refractivity contribution in [2.75, 3.05) is 13.2 Å². The van der Waals surface area contributed by atoms with E-state index in [4.69, 9.17) is 19.5 Å². The first-order chi connectivity index (χ1) is 37.7. The van der Waals surface area contributed by atoms with Crippen LogP contribution >= 0.6 is 45.3 Å². The van der Waals surface area contributed by atoms with Crippen LogP contribution in [0.5, 0.6) is 0 Å². The zero-order valence-corrected chi connectivity index (χ0v) is 49.5. The number of thiophene rings is 4. The number of hydrogen-bond donors (Lipinski definition) is 4. The van der Waals surface area contributed by atoms with Crippen LogP contribution in [0.2, 0.25) is 0 Å². The van der Waals surface area contributed by atoms with E-state index in [-0.39, 0.29) is 6.61 Å². The van der Waals surface area contributed by atoms with Crippen molar-refractivity contribution in [3.8, 4) is 0 Å². The van der Waals surface area contributed by atoms with Crippen LogP contribution in [-0.2, 0) is 32.7 Å². The molecule has 0 amide bonds. The molecule has 404 valence electrons. The lowest BCUT2D eigenvalue weighted by Crippen LogP contribution is -2.35. The van der Waals surface area contributed by atoms with Crippen molar-refractivity contribution in [3.05, 3.63) is 131 Å². The van der Waals surface area contributed by atoms with Crippen LogP contribution < -0.4 is 16.0 Å². The lowest BCUT2D eigenvalue weighted by atomic mass is 9.95. The number of nitrogens with zero attached hydrogens (tertiary/aromatic N) is 9. The first-order valence-electron chi connectivity index (χ1n) is 27.1. The molecular formula is C60H68N12O2S4. The third kappa shape index (κ3) is 10.9. The highest BCUT2D eigenvalue weighted by Crippen LogP contribution is 2.40. The highest BCUT2D eigenvalue weighted by Gasteiger charge is 2.28. The minimum atomic E-state index is 0.103. The normalized spacial score (nSPS) is 14.7. The van der Waals surface area contributed by atoms with Gasteiger partial charge in [0.05, 0.1) is 76.1 Å². The fraction of sp³-hybridized carbons (Fsp3) is 0.400. The number of pyridine rings is 4. The van der Waals surface area contributed by atoms with Crippen LogP contribution in [0.25, 0.3) is 51.1 Å². The summed E-state index contributed by atoms with van der Waals surface area (Å²) in [7, 11) is 0. The first-order valence-corrected chi connectivity index (χ1v) is 30.4. The fourth-order valence-corrected chi connectivity index (χ4v) is 16.1. The number of nitrogens with one attached hydrogen (secondary N) is 3. The van der Waals surface area contributed by atoms with Gasteiger partial charge in [-0.1, -0.05) is 33.1 Å². The van der Waals surface area contributed by atoms with Gasteiger partial charge in [0.15, 0.2) is 0 Å². The van der Waals surface area contributed by atoms with Crippen molar-refractivity contribution in [1.29, 1.82) is 0 Å². The fourth-order valence-electron chi connectivity index (χ4n) is 11.0. The summed E-state index contributed by atoms with van der Waals surface area (Å²) >= 11 is 6.98. The molecule has 0 unspecified atom stereocenters. The summed E-state index contributed by atoms with van der Waals surface area (Å²) in [4.78, 5) is 40.9. The van der Waals surface area contributed by atoms with E-state index in [2.05, 4.69) is 125 Å². The largest absolute Gasteiger partial charge is 0.467 e. The van der Waals surface area contributed by atoms with E-state index in [1.54, 1.807) is 40.3 Å². The predicted octanol–water partition coefficient (Wildman–Crippen LogP) is 13.3. The lowest BCUT2D eigenvalue weighted by Gasteiger charge is -2.23. The summed E-state index contributed by atoms with van der Waals surface area (Å²) in [5, 5.41) is 29.2. The molecule has 0 atom stereocenters. The molecule has 1 saturated carbocycles. The number of aromatic nitrogens is 6. The molecule has 10 aromatic heterocycles. The van der Waals surface area contributed by atoms with Crippen molar-refractivity contribution in [3.63, 3.8) is 0 Å². The molecule has 1 aliphatic carbocycles. The number of furan rings is 1. The number of aliphatic imine (C=N–C) groups is 3. The topological polar surface area (TPSA) is 176 Å². The highest BCUT2D eigenvalue weighted by atomic mass is 32.1. The second-order valence-electron chi connectivity index (χ2n) is 21.3. The summed E-state index contributed by atoms with van der Waals surface area (Å²) in [6, 6.07) is 15.1. The quantitative estimate of drug-likeness (QED) is 0.120. The van der Waals surface area contributed by atoms with E-state index < -0.39 is 0 Å². The van der Waals surface area contributed by atoms with Gasteiger partial charge in [-0.15, -0.1) is 45.3 Å². The number of aliphatic hydroxyl groups is 1. The minimum Gasteiger partial charge on any atom is -0.467 e. The van der Waals surface area contributed by atoms with Crippen molar-refractivity contribution >= 4 is 114 Å². The summed E-state index contributed by atoms with van der Waals surface area (Å²) < 4.78 is 8.41. The number of rotatable bonds is 7. The van der Waals surface area contributed by atoms with Gasteiger partial charge in [-0.2, -0.15) is 5.10 Å². The average molecular weight is 1120 g/mol. The Labute approximate surface area is 471 Å². The zero-order valence-electron chi connectivity index (χ0n) is 46.3. The van der Waals surface area contributed by atoms with Crippen molar-refractivity contribution in [2.45, 2.75) is 140 Å². The maximum Gasteiger partial charge on any atom is 0.139 e. The highest BCUT2D eigenvalue weighted by molar-refractivity contribution is 7.25.